The first-order chi connectivity index (χ1) is 13.5. The lowest BCUT2D eigenvalue weighted by Crippen LogP contribution is -2.50. The van der Waals surface area contributed by atoms with Crippen LogP contribution >= 0.6 is 23.2 Å². The van der Waals surface area contributed by atoms with E-state index in [1.807, 2.05) is 12.1 Å². The number of piperazine rings is 1. The van der Waals surface area contributed by atoms with Crippen molar-refractivity contribution in [1.82, 2.24) is 14.9 Å². The summed E-state index contributed by atoms with van der Waals surface area (Å²) in [7, 11) is 0. The van der Waals surface area contributed by atoms with Crippen molar-refractivity contribution in [1.29, 1.82) is 0 Å². The van der Waals surface area contributed by atoms with E-state index in [-0.39, 0.29) is 18.2 Å². The van der Waals surface area contributed by atoms with Crippen LogP contribution in [0.3, 0.4) is 0 Å². The number of rotatable bonds is 4. The summed E-state index contributed by atoms with van der Waals surface area (Å²) in [5.74, 6) is 0.460. The van der Waals surface area contributed by atoms with Crippen LogP contribution in [0.4, 0.5) is 5.69 Å². The Morgan fingerprint density at radius 1 is 0.964 bits per heavy atom. The second-order valence-electron chi connectivity index (χ2n) is 6.54. The minimum absolute atomic E-state index is 0.0487. The van der Waals surface area contributed by atoms with E-state index in [9.17, 15) is 9.59 Å². The predicted molar refractivity (Wildman–Crippen MR) is 110 cm³/mol. The number of H-pyrrole nitrogens is 2. The van der Waals surface area contributed by atoms with Crippen LogP contribution in [0.15, 0.2) is 41.2 Å². The van der Waals surface area contributed by atoms with Crippen LogP contribution < -0.4 is 15.3 Å². The van der Waals surface area contributed by atoms with Crippen LogP contribution in [0, 0.1) is 0 Å². The highest BCUT2D eigenvalue weighted by Crippen LogP contribution is 2.27. The van der Waals surface area contributed by atoms with E-state index < -0.39 is 0 Å². The highest BCUT2D eigenvalue weighted by Gasteiger charge is 2.22. The van der Waals surface area contributed by atoms with Gasteiger partial charge in [0, 0.05) is 37.9 Å². The van der Waals surface area contributed by atoms with E-state index in [0.717, 1.165) is 5.69 Å². The fraction of sp³-hybridized carbons (Fsp3) is 0.263. The summed E-state index contributed by atoms with van der Waals surface area (Å²) in [4.78, 5) is 33.1. The molecule has 4 rings (SSSR count). The third kappa shape index (κ3) is 3.95. The number of halogens is 2. The van der Waals surface area contributed by atoms with Crippen LogP contribution in [0.5, 0.6) is 5.75 Å². The largest absolute Gasteiger partial charge is 0.484 e. The fourth-order valence-corrected chi connectivity index (χ4v) is 3.53. The SMILES string of the molecule is O=C(COc1ccc2[nH]c(=O)[nH]c2c1)N1CCN(c2ccc(Cl)c(Cl)c2)CC1. The van der Waals surface area contributed by atoms with Gasteiger partial charge in [0.15, 0.2) is 6.61 Å². The number of hydrogen-bond acceptors (Lipinski definition) is 4. The Morgan fingerprint density at radius 3 is 2.46 bits per heavy atom. The summed E-state index contributed by atoms with van der Waals surface area (Å²) in [6, 6.07) is 10.7. The molecule has 0 saturated carbocycles. The molecule has 0 radical (unpaired) electrons. The molecule has 1 saturated heterocycles. The van der Waals surface area contributed by atoms with E-state index in [2.05, 4.69) is 14.9 Å². The van der Waals surface area contributed by atoms with Gasteiger partial charge in [0.05, 0.1) is 21.1 Å². The molecule has 28 heavy (non-hydrogen) atoms. The molecule has 1 amide bonds. The van der Waals surface area contributed by atoms with Crippen molar-refractivity contribution in [2.24, 2.45) is 0 Å². The van der Waals surface area contributed by atoms with Gasteiger partial charge in [0.25, 0.3) is 5.91 Å². The maximum Gasteiger partial charge on any atom is 0.323 e. The molecule has 1 aliphatic rings. The summed E-state index contributed by atoms with van der Waals surface area (Å²) >= 11 is 12.1. The third-order valence-electron chi connectivity index (χ3n) is 4.75. The molecule has 1 fully saturated rings. The zero-order valence-corrected chi connectivity index (χ0v) is 16.4. The number of benzene rings is 2. The first-order valence-corrected chi connectivity index (χ1v) is 9.58. The Balaban J connectivity index is 1.32. The molecular formula is C19H18Cl2N4O3. The lowest BCUT2D eigenvalue weighted by Gasteiger charge is -2.36. The Kier molecular flexibility index (Phi) is 5.19. The molecule has 0 unspecified atom stereocenters. The quantitative estimate of drug-likeness (QED) is 0.679. The van der Waals surface area contributed by atoms with Crippen LogP contribution in [-0.4, -0.2) is 53.6 Å². The Morgan fingerprint density at radius 2 is 1.71 bits per heavy atom. The number of aromatic nitrogens is 2. The van der Waals surface area contributed by atoms with E-state index in [4.69, 9.17) is 27.9 Å². The topological polar surface area (TPSA) is 81.4 Å². The number of nitrogens with one attached hydrogen (secondary N) is 2. The lowest BCUT2D eigenvalue weighted by atomic mass is 10.2. The van der Waals surface area contributed by atoms with Gasteiger partial charge in [-0.05, 0) is 30.3 Å². The number of fused-ring (bicyclic) bond motifs is 1. The van der Waals surface area contributed by atoms with Crippen molar-refractivity contribution in [3.63, 3.8) is 0 Å². The van der Waals surface area contributed by atoms with Crippen molar-refractivity contribution in [3.8, 4) is 5.75 Å². The van der Waals surface area contributed by atoms with Crippen LogP contribution in [0.1, 0.15) is 0 Å². The average molecular weight is 421 g/mol. The first-order valence-electron chi connectivity index (χ1n) is 8.82. The Hall–Kier alpha value is -2.64. The predicted octanol–water partition coefficient (Wildman–Crippen LogP) is 2.89. The number of ether oxygens (including phenoxy) is 1. The third-order valence-corrected chi connectivity index (χ3v) is 5.49. The number of anilines is 1. The van der Waals surface area contributed by atoms with Gasteiger partial charge in [-0.15, -0.1) is 0 Å². The summed E-state index contributed by atoms with van der Waals surface area (Å²) in [6.07, 6.45) is 0. The molecule has 146 valence electrons. The van der Waals surface area contributed by atoms with Crippen molar-refractivity contribution in [3.05, 3.63) is 56.9 Å². The van der Waals surface area contributed by atoms with E-state index in [1.165, 1.54) is 0 Å². The van der Waals surface area contributed by atoms with Crippen molar-refractivity contribution in [2.75, 3.05) is 37.7 Å². The molecule has 0 atom stereocenters. The van der Waals surface area contributed by atoms with Gasteiger partial charge in [0.2, 0.25) is 0 Å². The summed E-state index contributed by atoms with van der Waals surface area (Å²) in [5.41, 5.74) is 2.06. The zero-order valence-electron chi connectivity index (χ0n) is 14.9. The van der Waals surface area contributed by atoms with Gasteiger partial charge in [-0.25, -0.2) is 4.79 Å². The van der Waals surface area contributed by atoms with Gasteiger partial charge in [-0.1, -0.05) is 23.2 Å². The van der Waals surface area contributed by atoms with E-state index in [0.29, 0.717) is 53.0 Å². The molecule has 9 heteroatoms. The molecule has 1 aliphatic heterocycles. The van der Waals surface area contributed by atoms with E-state index in [1.54, 1.807) is 29.2 Å². The molecular weight excluding hydrogens is 403 g/mol. The van der Waals surface area contributed by atoms with Gasteiger partial charge < -0.3 is 24.5 Å². The monoisotopic (exact) mass is 420 g/mol. The fourth-order valence-electron chi connectivity index (χ4n) is 3.23. The van der Waals surface area contributed by atoms with Gasteiger partial charge in [-0.2, -0.15) is 0 Å². The number of imidazole rings is 1. The number of amides is 1. The average Bonchev–Trinajstić information content (AvgIpc) is 3.07. The zero-order chi connectivity index (χ0) is 19.7. The minimum atomic E-state index is -0.275. The van der Waals surface area contributed by atoms with Crippen LogP contribution in [0.2, 0.25) is 10.0 Å². The molecule has 2 N–H and O–H groups in total. The van der Waals surface area contributed by atoms with Crippen molar-refractivity contribution in [2.45, 2.75) is 0 Å². The van der Waals surface area contributed by atoms with Gasteiger partial charge >= 0.3 is 5.69 Å². The molecule has 0 aliphatic carbocycles. The number of carbonyl (C=O) groups is 1. The van der Waals surface area contributed by atoms with E-state index >= 15 is 0 Å². The number of nitrogens with zero attached hydrogens (tertiary/aromatic N) is 2. The number of aromatic amines is 2. The normalized spacial score (nSPS) is 14.5. The summed E-state index contributed by atoms with van der Waals surface area (Å²) in [5, 5.41) is 1.05. The second-order valence-corrected chi connectivity index (χ2v) is 7.36. The highest BCUT2D eigenvalue weighted by molar-refractivity contribution is 6.42. The van der Waals surface area contributed by atoms with Gasteiger partial charge in [-0.3, -0.25) is 4.79 Å². The van der Waals surface area contributed by atoms with Gasteiger partial charge in [0.1, 0.15) is 5.75 Å². The Bertz CT molecular complexity index is 1070. The lowest BCUT2D eigenvalue weighted by molar-refractivity contribution is -0.133. The van der Waals surface area contributed by atoms with Crippen LogP contribution in [0.25, 0.3) is 11.0 Å². The smallest absolute Gasteiger partial charge is 0.323 e. The number of carbonyl (C=O) groups excluding carboxylic acids is 1. The molecule has 3 aromatic rings. The first kappa shape index (κ1) is 18.7. The summed E-state index contributed by atoms with van der Waals surface area (Å²) in [6.45, 7) is 2.58. The molecule has 0 bridgehead atoms. The Labute approximate surface area is 170 Å². The maximum absolute atomic E-state index is 12.5. The molecule has 0 spiro atoms. The number of hydrogen-bond donors (Lipinski definition) is 2. The molecule has 1 aromatic heterocycles. The molecule has 7 nitrogen and oxygen atoms in total. The molecule has 2 heterocycles. The standard InChI is InChI=1S/C19H18Cl2N4O3/c20-14-3-1-12(9-15(14)21)24-5-7-25(8-6-24)18(26)11-28-13-2-4-16-17(10-13)23-19(27)22-16/h1-4,9-10H,5-8,11H2,(H2,22,23,27). The molecule has 2 aromatic carbocycles. The highest BCUT2D eigenvalue weighted by atomic mass is 35.5. The van der Waals surface area contributed by atoms with Crippen LogP contribution in [-0.2, 0) is 4.79 Å². The van der Waals surface area contributed by atoms with Crippen molar-refractivity contribution >= 4 is 45.8 Å². The van der Waals surface area contributed by atoms with Crippen molar-refractivity contribution < 1.29 is 9.53 Å². The summed E-state index contributed by atoms with van der Waals surface area (Å²) < 4.78 is 5.61. The minimum Gasteiger partial charge on any atom is -0.484 e. The maximum atomic E-state index is 12.5. The second kappa shape index (κ2) is 7.77.